The molecule has 1 aromatic heterocycles. The van der Waals surface area contributed by atoms with E-state index in [1.807, 2.05) is 35.6 Å². The fraction of sp³-hybridized carbons (Fsp3) is 0.389. The Morgan fingerprint density at radius 1 is 1.17 bits per heavy atom. The first-order valence-corrected chi connectivity index (χ1v) is 8.98. The van der Waals surface area contributed by atoms with Crippen LogP contribution in [-0.4, -0.2) is 29.6 Å². The van der Waals surface area contributed by atoms with Gasteiger partial charge in [-0.2, -0.15) is 0 Å². The molecule has 5 heteroatoms. The van der Waals surface area contributed by atoms with Crippen LogP contribution in [0.5, 0.6) is 0 Å². The van der Waals surface area contributed by atoms with Crippen LogP contribution in [-0.2, 0) is 6.54 Å². The predicted molar refractivity (Wildman–Crippen MR) is 93.8 cm³/mol. The summed E-state index contributed by atoms with van der Waals surface area (Å²) in [5.74, 6) is 0.0434. The number of likely N-dealkylation sites (tertiary alicyclic amines) is 1. The van der Waals surface area contributed by atoms with Gasteiger partial charge in [-0.15, -0.1) is 11.3 Å². The van der Waals surface area contributed by atoms with Crippen molar-refractivity contribution in [2.45, 2.75) is 32.0 Å². The Morgan fingerprint density at radius 3 is 2.70 bits per heavy atom. The van der Waals surface area contributed by atoms with Crippen LogP contribution in [0.15, 0.2) is 35.7 Å². The van der Waals surface area contributed by atoms with Crippen molar-refractivity contribution in [1.29, 1.82) is 0 Å². The Hall–Kier alpha value is -1.85. The fourth-order valence-corrected chi connectivity index (χ4v) is 4.42. The molecule has 4 rings (SSSR count). The molecule has 2 N–H and O–H groups in total. The van der Waals surface area contributed by atoms with Crippen LogP contribution in [0.4, 0.5) is 5.69 Å². The van der Waals surface area contributed by atoms with Gasteiger partial charge < -0.3 is 10.6 Å². The van der Waals surface area contributed by atoms with Crippen LogP contribution in [0.25, 0.3) is 0 Å². The number of hydrogen-bond donors (Lipinski definition) is 2. The van der Waals surface area contributed by atoms with Gasteiger partial charge in [-0.05, 0) is 36.1 Å². The Labute approximate surface area is 140 Å². The van der Waals surface area contributed by atoms with Gasteiger partial charge in [0, 0.05) is 43.0 Å². The summed E-state index contributed by atoms with van der Waals surface area (Å²) in [4.78, 5) is 16.3. The topological polar surface area (TPSA) is 44.4 Å². The van der Waals surface area contributed by atoms with E-state index in [4.69, 9.17) is 0 Å². The van der Waals surface area contributed by atoms with Crippen molar-refractivity contribution in [2.75, 3.05) is 18.4 Å². The first-order chi connectivity index (χ1) is 11.2. The van der Waals surface area contributed by atoms with Crippen molar-refractivity contribution in [2.24, 2.45) is 0 Å². The number of benzene rings is 1. The van der Waals surface area contributed by atoms with E-state index in [0.717, 1.165) is 43.7 Å². The lowest BCUT2D eigenvalue weighted by molar-refractivity contribution is 0.0823. The normalized spacial score (nSPS) is 20.0. The molecular weight excluding hydrogens is 306 g/mol. The second kappa shape index (κ2) is 5.65. The first kappa shape index (κ1) is 14.7. The van der Waals surface area contributed by atoms with Crippen molar-refractivity contribution in [3.8, 4) is 0 Å². The second-order valence-electron chi connectivity index (χ2n) is 6.51. The van der Waals surface area contributed by atoms with Gasteiger partial charge in [-0.3, -0.25) is 9.69 Å². The molecule has 2 aliphatic rings. The van der Waals surface area contributed by atoms with Crippen molar-refractivity contribution >= 4 is 22.9 Å². The molecule has 120 valence electrons. The lowest BCUT2D eigenvalue weighted by Gasteiger charge is -2.45. The highest BCUT2D eigenvalue weighted by Gasteiger charge is 2.39. The molecule has 3 heterocycles. The zero-order chi connectivity index (χ0) is 15.9. The molecular formula is C18H21N3OS. The molecule has 1 spiro atoms. The van der Waals surface area contributed by atoms with Gasteiger partial charge in [-0.25, -0.2) is 0 Å². The van der Waals surface area contributed by atoms with Crippen molar-refractivity contribution in [3.05, 3.63) is 51.7 Å². The third-order valence-electron chi connectivity index (χ3n) is 4.94. The van der Waals surface area contributed by atoms with Gasteiger partial charge in [0.05, 0.1) is 5.56 Å². The Morgan fingerprint density at radius 2 is 1.96 bits per heavy atom. The summed E-state index contributed by atoms with van der Waals surface area (Å²) >= 11 is 1.83. The smallest absolute Gasteiger partial charge is 0.255 e. The highest BCUT2D eigenvalue weighted by molar-refractivity contribution is 7.10. The van der Waals surface area contributed by atoms with E-state index in [1.165, 1.54) is 10.4 Å². The third-order valence-corrected chi connectivity index (χ3v) is 5.95. The number of rotatable bonds is 2. The molecule has 0 bridgehead atoms. The lowest BCUT2D eigenvalue weighted by atomic mass is 9.92. The van der Waals surface area contributed by atoms with E-state index in [-0.39, 0.29) is 11.6 Å². The quantitative estimate of drug-likeness (QED) is 0.890. The number of amides is 1. The number of aryl methyl sites for hydroxylation is 1. The molecule has 0 saturated carbocycles. The maximum atomic E-state index is 12.4. The Balaban J connectivity index is 1.45. The molecule has 1 amide bonds. The van der Waals surface area contributed by atoms with E-state index >= 15 is 0 Å². The average Bonchev–Trinajstić information content (AvgIpc) is 2.95. The van der Waals surface area contributed by atoms with Crippen LogP contribution < -0.4 is 10.6 Å². The molecule has 0 radical (unpaired) electrons. The molecule has 23 heavy (non-hydrogen) atoms. The van der Waals surface area contributed by atoms with Gasteiger partial charge in [-0.1, -0.05) is 12.1 Å². The minimum atomic E-state index is -0.285. The highest BCUT2D eigenvalue weighted by atomic mass is 32.1. The van der Waals surface area contributed by atoms with Crippen molar-refractivity contribution in [3.63, 3.8) is 0 Å². The van der Waals surface area contributed by atoms with Crippen LogP contribution in [0.2, 0.25) is 0 Å². The SMILES string of the molecule is Cc1ccsc1CN1CCC2(CC1)NC(=O)c1ccccc1N2. The summed E-state index contributed by atoms with van der Waals surface area (Å²) in [6.45, 7) is 5.18. The summed E-state index contributed by atoms with van der Waals surface area (Å²) in [6, 6.07) is 9.94. The van der Waals surface area contributed by atoms with Gasteiger partial charge in [0.15, 0.2) is 0 Å². The van der Waals surface area contributed by atoms with Crippen LogP contribution in [0, 0.1) is 6.92 Å². The summed E-state index contributed by atoms with van der Waals surface area (Å²) < 4.78 is 0. The molecule has 0 unspecified atom stereocenters. The molecule has 1 fully saturated rings. The number of carbonyl (C=O) groups is 1. The third kappa shape index (κ3) is 2.75. The summed E-state index contributed by atoms with van der Waals surface area (Å²) in [5.41, 5.74) is 2.80. The van der Waals surface area contributed by atoms with Gasteiger partial charge in [0.1, 0.15) is 5.66 Å². The maximum Gasteiger partial charge on any atom is 0.255 e. The second-order valence-corrected chi connectivity index (χ2v) is 7.51. The Kier molecular flexibility index (Phi) is 3.62. The van der Waals surface area contributed by atoms with E-state index in [1.54, 1.807) is 0 Å². The van der Waals surface area contributed by atoms with E-state index in [9.17, 15) is 4.79 Å². The van der Waals surface area contributed by atoms with Crippen LogP contribution in [0.1, 0.15) is 33.6 Å². The lowest BCUT2D eigenvalue weighted by Crippen LogP contribution is -2.62. The monoisotopic (exact) mass is 327 g/mol. The molecule has 1 aromatic carbocycles. The number of para-hydroxylation sites is 1. The number of anilines is 1. The number of nitrogens with zero attached hydrogens (tertiary/aromatic N) is 1. The fourth-order valence-electron chi connectivity index (χ4n) is 3.48. The first-order valence-electron chi connectivity index (χ1n) is 8.10. The standard InChI is InChI=1S/C18H21N3OS/c1-13-6-11-23-16(13)12-21-9-7-18(8-10-21)19-15-5-3-2-4-14(15)17(22)20-18/h2-6,11,19H,7-10,12H2,1H3,(H,20,22). The minimum Gasteiger partial charge on any atom is -0.362 e. The number of piperidine rings is 1. The number of fused-ring (bicyclic) bond motifs is 1. The molecule has 2 aliphatic heterocycles. The van der Waals surface area contributed by atoms with Gasteiger partial charge >= 0.3 is 0 Å². The molecule has 1 saturated heterocycles. The maximum absolute atomic E-state index is 12.4. The predicted octanol–water partition coefficient (Wildman–Crippen LogP) is 3.20. The largest absolute Gasteiger partial charge is 0.362 e. The molecule has 2 aromatic rings. The number of hydrogen-bond acceptors (Lipinski definition) is 4. The van der Waals surface area contributed by atoms with Crippen LogP contribution >= 0.6 is 11.3 Å². The average molecular weight is 327 g/mol. The summed E-state index contributed by atoms with van der Waals surface area (Å²) in [6.07, 6.45) is 1.86. The number of nitrogens with one attached hydrogen (secondary N) is 2. The van der Waals surface area contributed by atoms with E-state index < -0.39 is 0 Å². The van der Waals surface area contributed by atoms with Gasteiger partial charge in [0.25, 0.3) is 5.91 Å². The summed E-state index contributed by atoms with van der Waals surface area (Å²) in [7, 11) is 0. The molecule has 0 atom stereocenters. The zero-order valence-electron chi connectivity index (χ0n) is 13.3. The van der Waals surface area contributed by atoms with Crippen molar-refractivity contribution < 1.29 is 4.79 Å². The van der Waals surface area contributed by atoms with E-state index in [0.29, 0.717) is 0 Å². The molecule has 4 nitrogen and oxygen atoms in total. The van der Waals surface area contributed by atoms with Crippen LogP contribution in [0.3, 0.4) is 0 Å². The number of carbonyl (C=O) groups excluding carboxylic acids is 1. The Bertz CT molecular complexity index is 731. The van der Waals surface area contributed by atoms with Gasteiger partial charge in [0.2, 0.25) is 0 Å². The number of thiophene rings is 1. The zero-order valence-corrected chi connectivity index (χ0v) is 14.1. The van der Waals surface area contributed by atoms with E-state index in [2.05, 4.69) is 33.9 Å². The molecule has 0 aliphatic carbocycles. The summed E-state index contributed by atoms with van der Waals surface area (Å²) in [5, 5.41) is 8.94. The highest BCUT2D eigenvalue weighted by Crippen LogP contribution is 2.32. The minimum absolute atomic E-state index is 0.0434. The van der Waals surface area contributed by atoms with Crippen molar-refractivity contribution in [1.82, 2.24) is 10.2 Å².